The van der Waals surface area contributed by atoms with Crippen LogP contribution < -0.4 is 20.1 Å². The SMILES string of the molecule is C=CC1CC1(NC(=O)C1CC2CN1C(=O)C(C1CCCCC1)NC(=O)OCCC/C=C\c1ccc3ccnc(c3c1)O2)C(=O)NS(=O)(=O)C1CC1. The summed E-state index contributed by atoms with van der Waals surface area (Å²) in [6.45, 7) is 3.98. The highest BCUT2D eigenvalue weighted by atomic mass is 32.2. The number of cyclic esters (lactones) is 1. The number of aromatic nitrogens is 1. The first-order chi connectivity index (χ1) is 24.6. The van der Waals surface area contributed by atoms with Gasteiger partial charge in [0.05, 0.1) is 18.4 Å². The molecule has 0 spiro atoms. The molecule has 0 radical (unpaired) electrons. The Hall–Kier alpha value is -4.46. The number of ether oxygens (including phenoxy) is 2. The van der Waals surface area contributed by atoms with E-state index in [-0.39, 0.29) is 31.9 Å². The summed E-state index contributed by atoms with van der Waals surface area (Å²) in [6, 6.07) is 5.80. The molecule has 4 amide bonds. The molecule has 272 valence electrons. The van der Waals surface area contributed by atoms with E-state index < -0.39 is 68.7 Å². The Morgan fingerprint density at radius 1 is 1.08 bits per heavy atom. The van der Waals surface area contributed by atoms with E-state index in [0.29, 0.717) is 31.6 Å². The fourth-order valence-corrected chi connectivity index (χ4v) is 9.05. The molecule has 5 atom stereocenters. The van der Waals surface area contributed by atoms with Crippen LogP contribution in [0.4, 0.5) is 4.79 Å². The lowest BCUT2D eigenvalue weighted by Crippen LogP contribution is -2.59. The first kappa shape index (κ1) is 35.0. The van der Waals surface area contributed by atoms with Crippen molar-refractivity contribution in [2.75, 3.05) is 13.2 Å². The number of hydrogen-bond acceptors (Lipinski definition) is 9. The van der Waals surface area contributed by atoms with Crippen molar-refractivity contribution in [3.05, 3.63) is 54.8 Å². The maximum absolute atomic E-state index is 14.6. The quantitative estimate of drug-likeness (QED) is 0.361. The van der Waals surface area contributed by atoms with Crippen LogP contribution in [0.5, 0.6) is 5.88 Å². The third-order valence-corrected chi connectivity index (χ3v) is 12.7. The van der Waals surface area contributed by atoms with Crippen LogP contribution in [0.25, 0.3) is 16.8 Å². The zero-order valence-electron chi connectivity index (χ0n) is 28.6. The van der Waals surface area contributed by atoms with Crippen LogP contribution in [-0.4, -0.2) is 84.2 Å². The molecule has 3 aliphatic carbocycles. The molecule has 13 nitrogen and oxygen atoms in total. The van der Waals surface area contributed by atoms with Crippen LogP contribution in [0.2, 0.25) is 0 Å². The molecule has 5 unspecified atom stereocenters. The largest absolute Gasteiger partial charge is 0.472 e. The van der Waals surface area contributed by atoms with Crippen molar-refractivity contribution in [1.29, 1.82) is 0 Å². The lowest BCUT2D eigenvalue weighted by Gasteiger charge is -2.34. The molecule has 5 aliphatic rings. The number of alkyl carbamates (subject to hydrolysis) is 1. The van der Waals surface area contributed by atoms with E-state index in [1.807, 2.05) is 36.4 Å². The number of nitrogens with one attached hydrogen (secondary N) is 3. The molecule has 1 aromatic carbocycles. The Morgan fingerprint density at radius 2 is 1.88 bits per heavy atom. The number of carbonyl (C=O) groups is 4. The van der Waals surface area contributed by atoms with Gasteiger partial charge in [-0.3, -0.25) is 19.1 Å². The van der Waals surface area contributed by atoms with Gasteiger partial charge in [-0.2, -0.15) is 0 Å². The van der Waals surface area contributed by atoms with E-state index in [2.05, 4.69) is 26.9 Å². The van der Waals surface area contributed by atoms with E-state index in [4.69, 9.17) is 9.47 Å². The van der Waals surface area contributed by atoms with E-state index in [1.165, 1.54) is 11.0 Å². The van der Waals surface area contributed by atoms with Gasteiger partial charge in [0.1, 0.15) is 23.7 Å². The van der Waals surface area contributed by atoms with Crippen LogP contribution in [-0.2, 0) is 29.1 Å². The number of fused-ring (bicyclic) bond motifs is 3. The van der Waals surface area contributed by atoms with Gasteiger partial charge in [-0.25, -0.2) is 18.2 Å². The second-order valence-electron chi connectivity index (χ2n) is 14.5. The minimum atomic E-state index is -3.88. The van der Waals surface area contributed by atoms with E-state index in [9.17, 15) is 27.6 Å². The zero-order chi connectivity index (χ0) is 35.8. The highest BCUT2D eigenvalue weighted by molar-refractivity contribution is 7.91. The molecule has 3 heterocycles. The molecule has 4 bridgehead atoms. The molecule has 51 heavy (non-hydrogen) atoms. The number of rotatable bonds is 7. The van der Waals surface area contributed by atoms with Gasteiger partial charge in [-0.15, -0.1) is 6.58 Å². The van der Waals surface area contributed by atoms with E-state index in [1.54, 1.807) is 6.20 Å². The van der Waals surface area contributed by atoms with Gasteiger partial charge in [0, 0.05) is 23.9 Å². The molecule has 1 aromatic heterocycles. The molecular formula is C37H45N5O8S. The number of benzene rings is 1. The number of amides is 4. The normalized spacial score (nSPS) is 29.5. The average molecular weight is 720 g/mol. The van der Waals surface area contributed by atoms with Crippen molar-refractivity contribution in [1.82, 2.24) is 25.2 Å². The smallest absolute Gasteiger partial charge is 0.407 e. The Labute approximate surface area is 297 Å². The molecule has 14 heteroatoms. The Balaban J connectivity index is 1.21. The molecule has 3 saturated carbocycles. The second-order valence-corrected chi connectivity index (χ2v) is 16.4. The van der Waals surface area contributed by atoms with Gasteiger partial charge < -0.3 is 25.0 Å². The number of pyridine rings is 1. The zero-order valence-corrected chi connectivity index (χ0v) is 29.4. The molecule has 7 rings (SSSR count). The third-order valence-electron chi connectivity index (χ3n) is 10.8. The maximum Gasteiger partial charge on any atom is 0.407 e. The fourth-order valence-electron chi connectivity index (χ4n) is 7.69. The van der Waals surface area contributed by atoms with Crippen molar-refractivity contribution in [3.8, 4) is 5.88 Å². The highest BCUT2D eigenvalue weighted by Gasteiger charge is 2.62. The van der Waals surface area contributed by atoms with Crippen molar-refractivity contribution in [2.24, 2.45) is 11.8 Å². The van der Waals surface area contributed by atoms with Gasteiger partial charge in [0.2, 0.25) is 27.7 Å². The number of hydrogen-bond donors (Lipinski definition) is 3. The number of allylic oxidation sites excluding steroid dienone is 1. The van der Waals surface area contributed by atoms with Gasteiger partial charge in [0.15, 0.2) is 0 Å². The van der Waals surface area contributed by atoms with Crippen LogP contribution in [0.15, 0.2) is 49.2 Å². The van der Waals surface area contributed by atoms with Crippen molar-refractivity contribution in [2.45, 2.75) is 99.6 Å². The summed E-state index contributed by atoms with van der Waals surface area (Å²) in [5.41, 5.74) is -0.587. The molecular weight excluding hydrogens is 675 g/mol. The summed E-state index contributed by atoms with van der Waals surface area (Å²) in [7, 11) is -3.88. The predicted molar refractivity (Wildman–Crippen MR) is 189 cm³/mol. The molecule has 4 fully saturated rings. The van der Waals surface area contributed by atoms with Crippen LogP contribution in [0.1, 0.15) is 76.2 Å². The fraction of sp³-hybridized carbons (Fsp3) is 0.541. The highest BCUT2D eigenvalue weighted by Crippen LogP contribution is 2.45. The van der Waals surface area contributed by atoms with Crippen molar-refractivity contribution in [3.63, 3.8) is 0 Å². The van der Waals surface area contributed by atoms with E-state index >= 15 is 0 Å². The first-order valence-corrected chi connectivity index (χ1v) is 19.6. The Bertz CT molecular complexity index is 1860. The summed E-state index contributed by atoms with van der Waals surface area (Å²) in [5, 5.41) is 6.74. The van der Waals surface area contributed by atoms with Gasteiger partial charge in [0.25, 0.3) is 5.91 Å². The monoisotopic (exact) mass is 719 g/mol. The van der Waals surface area contributed by atoms with Gasteiger partial charge in [-0.05, 0) is 73.9 Å². The summed E-state index contributed by atoms with van der Waals surface area (Å²) in [5.74, 6) is -2.16. The van der Waals surface area contributed by atoms with Crippen molar-refractivity contribution < 1.29 is 37.1 Å². The topological polar surface area (TPSA) is 173 Å². The summed E-state index contributed by atoms with van der Waals surface area (Å²) < 4.78 is 39.6. The number of sulfonamides is 1. The second kappa shape index (κ2) is 14.3. The van der Waals surface area contributed by atoms with Crippen LogP contribution in [0.3, 0.4) is 0 Å². The Morgan fingerprint density at radius 3 is 2.63 bits per heavy atom. The summed E-state index contributed by atoms with van der Waals surface area (Å²) in [4.78, 5) is 61.4. The standard InChI is InChI=1S/C37H45N5O8S/c1-2-26-21-37(26,35(45)41-51(47,48)28-14-15-28)40-32(43)30-20-27-22-42(30)34(44)31(25-10-6-3-7-11-25)39-36(46)49-18-8-4-5-9-23-12-13-24-16-17-38-33(50-27)29(24)19-23/h2,5,9,12-13,16-17,19,25-28,30-31H,1,3-4,6-8,10-11,14-15,18,20-22H2,(H,39,46)(H,40,43)(H,41,45)/b9-5-. The maximum atomic E-state index is 14.6. The minimum absolute atomic E-state index is 0.0225. The minimum Gasteiger partial charge on any atom is -0.472 e. The van der Waals surface area contributed by atoms with Crippen LogP contribution in [0, 0.1) is 11.8 Å². The third kappa shape index (κ3) is 7.46. The lowest BCUT2D eigenvalue weighted by molar-refractivity contribution is -0.142. The predicted octanol–water partition coefficient (Wildman–Crippen LogP) is 3.73. The van der Waals surface area contributed by atoms with Crippen LogP contribution >= 0.6 is 0 Å². The summed E-state index contributed by atoms with van der Waals surface area (Å²) >= 11 is 0. The number of nitrogens with zero attached hydrogens (tertiary/aromatic N) is 2. The lowest BCUT2D eigenvalue weighted by atomic mass is 9.83. The van der Waals surface area contributed by atoms with E-state index in [0.717, 1.165) is 48.4 Å². The summed E-state index contributed by atoms with van der Waals surface area (Å²) in [6.07, 6.45) is 12.6. The molecule has 2 aromatic rings. The first-order valence-electron chi connectivity index (χ1n) is 18.0. The Kier molecular flexibility index (Phi) is 9.79. The average Bonchev–Trinajstić information content (AvgIpc) is 4.05. The molecule has 2 aliphatic heterocycles. The van der Waals surface area contributed by atoms with Gasteiger partial charge >= 0.3 is 6.09 Å². The van der Waals surface area contributed by atoms with Crippen molar-refractivity contribution >= 4 is 50.7 Å². The molecule has 1 saturated heterocycles. The molecule has 3 N–H and O–H groups in total. The number of carbonyl (C=O) groups excluding carboxylic acids is 4. The van der Waals surface area contributed by atoms with Gasteiger partial charge in [-0.1, -0.05) is 49.6 Å².